The molecule has 2 rings (SSSR count). The predicted molar refractivity (Wildman–Crippen MR) is 69.5 cm³/mol. The van der Waals surface area contributed by atoms with E-state index in [1.165, 1.54) is 0 Å². The highest BCUT2D eigenvalue weighted by molar-refractivity contribution is 5.92. The first-order valence-electron chi connectivity index (χ1n) is 6.04. The molecule has 0 aromatic heterocycles. The molecular formula is C13H14N2O5. The number of carboxylic acids is 2. The highest BCUT2D eigenvalue weighted by Gasteiger charge is 2.33. The van der Waals surface area contributed by atoms with Gasteiger partial charge < -0.3 is 20.4 Å². The molecule has 1 aromatic rings. The van der Waals surface area contributed by atoms with Gasteiger partial charge in [-0.1, -0.05) is 18.2 Å². The van der Waals surface area contributed by atoms with E-state index in [0.717, 1.165) is 16.2 Å². The molecule has 1 atom stereocenters. The molecule has 0 fully saturated rings. The molecule has 7 heteroatoms. The Kier molecular flexibility index (Phi) is 3.88. The second-order valence-corrected chi connectivity index (χ2v) is 4.50. The van der Waals surface area contributed by atoms with Gasteiger partial charge in [-0.15, -0.1) is 0 Å². The van der Waals surface area contributed by atoms with Crippen molar-refractivity contribution in [2.75, 3.05) is 25.0 Å². The maximum absolute atomic E-state index is 12.3. The van der Waals surface area contributed by atoms with Crippen molar-refractivity contribution in [1.82, 2.24) is 4.90 Å². The van der Waals surface area contributed by atoms with Crippen molar-refractivity contribution in [3.05, 3.63) is 29.8 Å². The van der Waals surface area contributed by atoms with Gasteiger partial charge in [0.15, 0.2) is 0 Å². The van der Waals surface area contributed by atoms with E-state index >= 15 is 0 Å². The number of anilines is 1. The Morgan fingerprint density at radius 3 is 2.35 bits per heavy atom. The summed E-state index contributed by atoms with van der Waals surface area (Å²) in [6.45, 7) is -0.901. The number of fused-ring (bicyclic) bond motifs is 1. The van der Waals surface area contributed by atoms with E-state index in [1.807, 2.05) is 12.1 Å². The second-order valence-electron chi connectivity index (χ2n) is 4.50. The zero-order chi connectivity index (χ0) is 14.7. The number of benzene rings is 1. The molecule has 0 radical (unpaired) electrons. The Hall–Kier alpha value is -2.57. The van der Waals surface area contributed by atoms with Crippen molar-refractivity contribution in [2.24, 2.45) is 0 Å². The number of aliphatic carboxylic acids is 2. The van der Waals surface area contributed by atoms with Crippen molar-refractivity contribution in [2.45, 2.75) is 5.92 Å². The lowest BCUT2D eigenvalue weighted by Crippen LogP contribution is -2.42. The summed E-state index contributed by atoms with van der Waals surface area (Å²) in [5.74, 6) is -3.52. The first kappa shape index (κ1) is 13.9. The number of para-hydroxylation sites is 1. The van der Waals surface area contributed by atoms with Gasteiger partial charge in [0.2, 0.25) is 5.91 Å². The standard InChI is InChI=1S/C13H14N2O5/c16-11(17)6-15(7-12(18)19)13(20)9-5-14-10-4-2-1-3-8(9)10/h1-4,9,14H,5-7H2,(H,16,17)(H,18,19). The zero-order valence-corrected chi connectivity index (χ0v) is 10.6. The fourth-order valence-corrected chi connectivity index (χ4v) is 2.26. The average molecular weight is 278 g/mol. The monoisotopic (exact) mass is 278 g/mol. The third-order valence-corrected chi connectivity index (χ3v) is 3.09. The van der Waals surface area contributed by atoms with Gasteiger partial charge in [-0.2, -0.15) is 0 Å². The molecule has 1 heterocycles. The van der Waals surface area contributed by atoms with Gasteiger partial charge in [-0.25, -0.2) is 0 Å². The lowest BCUT2D eigenvalue weighted by molar-refractivity contribution is -0.149. The van der Waals surface area contributed by atoms with E-state index in [4.69, 9.17) is 10.2 Å². The van der Waals surface area contributed by atoms with Crippen molar-refractivity contribution in [1.29, 1.82) is 0 Å². The van der Waals surface area contributed by atoms with Gasteiger partial charge >= 0.3 is 11.9 Å². The highest BCUT2D eigenvalue weighted by atomic mass is 16.4. The summed E-state index contributed by atoms with van der Waals surface area (Å²) in [6, 6.07) is 7.20. The Balaban J connectivity index is 2.20. The molecule has 1 amide bonds. The first-order chi connectivity index (χ1) is 9.49. The Bertz CT molecular complexity index is 541. The van der Waals surface area contributed by atoms with Crippen LogP contribution in [0.3, 0.4) is 0 Å². The van der Waals surface area contributed by atoms with E-state index in [2.05, 4.69) is 5.32 Å². The Morgan fingerprint density at radius 2 is 1.75 bits per heavy atom. The molecule has 0 saturated heterocycles. The number of carbonyl (C=O) groups is 3. The van der Waals surface area contributed by atoms with Gasteiger partial charge in [0.05, 0.1) is 5.92 Å². The molecule has 0 aliphatic carbocycles. The fraction of sp³-hybridized carbons (Fsp3) is 0.308. The quantitative estimate of drug-likeness (QED) is 0.710. The van der Waals surface area contributed by atoms with Crippen LogP contribution in [0.5, 0.6) is 0 Å². The maximum atomic E-state index is 12.3. The van der Waals surface area contributed by atoms with Crippen LogP contribution in [0.1, 0.15) is 11.5 Å². The van der Waals surface area contributed by atoms with Crippen LogP contribution in [0, 0.1) is 0 Å². The fourth-order valence-electron chi connectivity index (χ4n) is 2.26. The van der Waals surface area contributed by atoms with Crippen LogP contribution in [-0.2, 0) is 14.4 Å². The molecule has 1 aliphatic rings. The minimum absolute atomic E-state index is 0.341. The minimum atomic E-state index is -1.24. The van der Waals surface area contributed by atoms with E-state index in [0.29, 0.717) is 6.54 Å². The summed E-state index contributed by atoms with van der Waals surface area (Å²) in [5.41, 5.74) is 1.58. The van der Waals surface area contributed by atoms with E-state index < -0.39 is 36.9 Å². The number of carboxylic acid groups (broad SMARTS) is 2. The van der Waals surface area contributed by atoms with Crippen molar-refractivity contribution in [3.63, 3.8) is 0 Å². The molecule has 0 saturated carbocycles. The third-order valence-electron chi connectivity index (χ3n) is 3.09. The number of hydrogen-bond acceptors (Lipinski definition) is 4. The molecule has 7 nitrogen and oxygen atoms in total. The third kappa shape index (κ3) is 2.87. The van der Waals surface area contributed by atoms with Crippen molar-refractivity contribution in [3.8, 4) is 0 Å². The smallest absolute Gasteiger partial charge is 0.323 e. The summed E-state index contributed by atoms with van der Waals surface area (Å²) in [7, 11) is 0. The van der Waals surface area contributed by atoms with Crippen LogP contribution >= 0.6 is 0 Å². The van der Waals surface area contributed by atoms with Crippen LogP contribution in [0.15, 0.2) is 24.3 Å². The van der Waals surface area contributed by atoms with Gasteiger partial charge in [0, 0.05) is 12.2 Å². The minimum Gasteiger partial charge on any atom is -0.480 e. The Morgan fingerprint density at radius 1 is 1.15 bits per heavy atom. The van der Waals surface area contributed by atoms with E-state index in [-0.39, 0.29) is 0 Å². The number of carbonyl (C=O) groups excluding carboxylic acids is 1. The molecule has 106 valence electrons. The van der Waals surface area contributed by atoms with E-state index in [9.17, 15) is 14.4 Å². The van der Waals surface area contributed by atoms with Gasteiger partial charge in [0.25, 0.3) is 0 Å². The number of amides is 1. The average Bonchev–Trinajstić information content (AvgIpc) is 2.79. The molecule has 20 heavy (non-hydrogen) atoms. The lowest BCUT2D eigenvalue weighted by atomic mass is 10.00. The lowest BCUT2D eigenvalue weighted by Gasteiger charge is -2.22. The van der Waals surface area contributed by atoms with Crippen LogP contribution in [0.25, 0.3) is 0 Å². The zero-order valence-electron chi connectivity index (χ0n) is 10.6. The molecular weight excluding hydrogens is 264 g/mol. The highest BCUT2D eigenvalue weighted by Crippen LogP contribution is 2.32. The molecule has 1 aliphatic heterocycles. The van der Waals surface area contributed by atoms with Crippen molar-refractivity contribution < 1.29 is 24.6 Å². The van der Waals surface area contributed by atoms with Crippen LogP contribution in [-0.4, -0.2) is 52.6 Å². The predicted octanol–water partition coefficient (Wildman–Crippen LogP) is 0.194. The molecule has 0 bridgehead atoms. The van der Waals surface area contributed by atoms with Gasteiger partial charge in [-0.3, -0.25) is 14.4 Å². The maximum Gasteiger partial charge on any atom is 0.323 e. The number of hydrogen-bond donors (Lipinski definition) is 3. The normalized spacial score (nSPS) is 16.1. The summed E-state index contributed by atoms with van der Waals surface area (Å²) in [5, 5.41) is 20.6. The van der Waals surface area contributed by atoms with Gasteiger partial charge in [0.1, 0.15) is 13.1 Å². The SMILES string of the molecule is O=C(O)CN(CC(=O)O)C(=O)C1CNc2ccccc21. The van der Waals surface area contributed by atoms with Crippen LogP contribution in [0.4, 0.5) is 5.69 Å². The van der Waals surface area contributed by atoms with Crippen molar-refractivity contribution >= 4 is 23.5 Å². The molecule has 3 N–H and O–H groups in total. The second kappa shape index (κ2) is 5.60. The molecule has 1 aromatic carbocycles. The number of rotatable bonds is 5. The molecule has 0 spiro atoms. The van der Waals surface area contributed by atoms with E-state index in [1.54, 1.807) is 12.1 Å². The number of nitrogens with zero attached hydrogens (tertiary/aromatic N) is 1. The summed E-state index contributed by atoms with van der Waals surface area (Å²) >= 11 is 0. The molecule has 1 unspecified atom stereocenters. The Labute approximate surface area is 114 Å². The number of nitrogens with one attached hydrogen (secondary N) is 1. The van der Waals surface area contributed by atoms with Gasteiger partial charge in [-0.05, 0) is 11.6 Å². The topological polar surface area (TPSA) is 107 Å². The summed E-state index contributed by atoms with van der Waals surface area (Å²) in [4.78, 5) is 34.7. The van der Waals surface area contributed by atoms with Crippen LogP contribution < -0.4 is 5.32 Å². The van der Waals surface area contributed by atoms with Crippen LogP contribution in [0.2, 0.25) is 0 Å². The summed E-state index contributed by atoms with van der Waals surface area (Å²) in [6.07, 6.45) is 0. The summed E-state index contributed by atoms with van der Waals surface area (Å²) < 4.78 is 0. The largest absolute Gasteiger partial charge is 0.480 e. The first-order valence-corrected chi connectivity index (χ1v) is 6.04.